The van der Waals surface area contributed by atoms with Gasteiger partial charge in [-0.05, 0) is 36.1 Å². The Labute approximate surface area is 123 Å². The lowest BCUT2D eigenvalue weighted by molar-refractivity contribution is 0.0748. The van der Waals surface area contributed by atoms with Crippen LogP contribution in [0.2, 0.25) is 0 Å². The summed E-state index contributed by atoms with van der Waals surface area (Å²) in [6, 6.07) is 15.3. The van der Waals surface area contributed by atoms with Crippen LogP contribution >= 0.6 is 15.9 Å². The number of ether oxygens (including phenoxy) is 1. The highest BCUT2D eigenvalue weighted by Crippen LogP contribution is 2.40. The van der Waals surface area contributed by atoms with Crippen molar-refractivity contribution in [1.82, 2.24) is 0 Å². The molecule has 0 spiro atoms. The van der Waals surface area contributed by atoms with Gasteiger partial charge in [-0.25, -0.2) is 0 Å². The van der Waals surface area contributed by atoms with Crippen LogP contribution in [0.15, 0.2) is 42.5 Å². The molecule has 19 heavy (non-hydrogen) atoms. The molecule has 1 nitrogen and oxygen atoms in total. The highest BCUT2D eigenvalue weighted by Gasteiger charge is 2.40. The maximum Gasteiger partial charge on any atom is 0.0615 e. The summed E-state index contributed by atoms with van der Waals surface area (Å²) >= 11 is 3.72. The topological polar surface area (TPSA) is 9.23 Å². The normalized spacial score (nSPS) is 26.9. The summed E-state index contributed by atoms with van der Waals surface area (Å²) in [5, 5.41) is 3.71. The Morgan fingerprint density at radius 3 is 2.74 bits per heavy atom. The molecule has 1 aliphatic heterocycles. The summed E-state index contributed by atoms with van der Waals surface area (Å²) in [6.45, 7) is 3.09. The third-order valence-corrected chi connectivity index (χ3v) is 5.64. The first-order chi connectivity index (χ1) is 9.25. The van der Waals surface area contributed by atoms with Gasteiger partial charge < -0.3 is 4.74 Å². The van der Waals surface area contributed by atoms with Gasteiger partial charge in [-0.1, -0.05) is 58.4 Å². The van der Waals surface area contributed by atoms with Crippen LogP contribution in [0, 0.1) is 5.41 Å². The lowest BCUT2D eigenvalue weighted by Gasteiger charge is -2.30. The molecule has 2 aromatic carbocycles. The third kappa shape index (κ3) is 2.32. The van der Waals surface area contributed by atoms with E-state index in [2.05, 4.69) is 65.3 Å². The molecule has 2 atom stereocenters. The maximum atomic E-state index is 5.81. The van der Waals surface area contributed by atoms with Gasteiger partial charge in [-0.2, -0.15) is 0 Å². The number of alkyl halides is 1. The Hall–Kier alpha value is -0.860. The number of benzene rings is 2. The predicted molar refractivity (Wildman–Crippen MR) is 83.9 cm³/mol. The van der Waals surface area contributed by atoms with E-state index in [1.165, 1.54) is 16.3 Å². The largest absolute Gasteiger partial charge is 0.378 e. The van der Waals surface area contributed by atoms with E-state index >= 15 is 0 Å². The zero-order valence-electron chi connectivity index (χ0n) is 11.2. The van der Waals surface area contributed by atoms with Crippen molar-refractivity contribution >= 4 is 26.7 Å². The van der Waals surface area contributed by atoms with Crippen molar-refractivity contribution in [2.75, 3.05) is 11.9 Å². The molecule has 0 saturated carbocycles. The maximum absolute atomic E-state index is 5.81. The van der Waals surface area contributed by atoms with Gasteiger partial charge in [0.15, 0.2) is 0 Å². The van der Waals surface area contributed by atoms with Crippen molar-refractivity contribution in [2.45, 2.75) is 25.9 Å². The summed E-state index contributed by atoms with van der Waals surface area (Å²) in [4.78, 5) is 0. The van der Waals surface area contributed by atoms with E-state index in [0.29, 0.717) is 6.10 Å². The molecule has 1 heterocycles. The molecule has 2 unspecified atom stereocenters. The standard InChI is InChI=1S/C17H19BrO/c1-13-17(12-18,9-10-19-13)11-15-7-4-6-14-5-2-3-8-16(14)15/h2-8,13H,9-12H2,1H3. The molecule has 100 valence electrons. The van der Waals surface area contributed by atoms with Crippen LogP contribution in [-0.2, 0) is 11.2 Å². The molecule has 0 aromatic heterocycles. The van der Waals surface area contributed by atoms with E-state index in [1.54, 1.807) is 0 Å². The Morgan fingerprint density at radius 1 is 1.21 bits per heavy atom. The van der Waals surface area contributed by atoms with Gasteiger partial charge in [0.2, 0.25) is 0 Å². The van der Waals surface area contributed by atoms with E-state index in [9.17, 15) is 0 Å². The summed E-state index contributed by atoms with van der Waals surface area (Å²) < 4.78 is 5.81. The molecular formula is C17H19BrO. The third-order valence-electron chi connectivity index (χ3n) is 4.52. The Morgan fingerprint density at radius 2 is 2.00 bits per heavy atom. The van der Waals surface area contributed by atoms with Crippen LogP contribution in [0.4, 0.5) is 0 Å². The first-order valence-corrected chi connectivity index (χ1v) is 8.01. The fourth-order valence-corrected chi connectivity index (χ4v) is 4.03. The van der Waals surface area contributed by atoms with Gasteiger partial charge in [0, 0.05) is 17.4 Å². The first kappa shape index (κ1) is 13.1. The minimum atomic E-state index is 0.240. The van der Waals surface area contributed by atoms with Gasteiger partial charge in [0.05, 0.1) is 6.10 Å². The molecule has 1 aliphatic rings. The van der Waals surface area contributed by atoms with E-state index in [4.69, 9.17) is 4.74 Å². The van der Waals surface area contributed by atoms with Crippen molar-refractivity contribution in [3.63, 3.8) is 0 Å². The highest BCUT2D eigenvalue weighted by molar-refractivity contribution is 9.09. The number of halogens is 1. The molecular weight excluding hydrogens is 300 g/mol. The van der Waals surface area contributed by atoms with Crippen LogP contribution in [0.3, 0.4) is 0 Å². The van der Waals surface area contributed by atoms with Crippen LogP contribution < -0.4 is 0 Å². The van der Waals surface area contributed by atoms with Gasteiger partial charge in [-0.15, -0.1) is 0 Å². The van der Waals surface area contributed by atoms with Crippen LogP contribution in [-0.4, -0.2) is 18.0 Å². The SMILES string of the molecule is CC1OCCC1(CBr)Cc1cccc2ccccc12. The molecule has 1 fully saturated rings. The summed E-state index contributed by atoms with van der Waals surface area (Å²) in [5.41, 5.74) is 1.68. The lowest BCUT2D eigenvalue weighted by Crippen LogP contribution is -2.33. The molecule has 0 N–H and O–H groups in total. The van der Waals surface area contributed by atoms with Crippen LogP contribution in [0.5, 0.6) is 0 Å². The van der Waals surface area contributed by atoms with Gasteiger partial charge in [-0.3, -0.25) is 0 Å². The smallest absolute Gasteiger partial charge is 0.0615 e. The molecule has 1 saturated heterocycles. The minimum absolute atomic E-state index is 0.240. The second kappa shape index (κ2) is 5.26. The molecule has 0 bridgehead atoms. The number of hydrogen-bond acceptors (Lipinski definition) is 1. The zero-order chi connectivity index (χ0) is 13.3. The quantitative estimate of drug-likeness (QED) is 0.753. The van der Waals surface area contributed by atoms with E-state index in [-0.39, 0.29) is 5.41 Å². The molecule has 0 aliphatic carbocycles. The average Bonchev–Trinajstić information content (AvgIpc) is 2.81. The van der Waals surface area contributed by atoms with Gasteiger partial charge >= 0.3 is 0 Å². The molecule has 0 radical (unpaired) electrons. The van der Waals surface area contributed by atoms with Crippen molar-refractivity contribution in [1.29, 1.82) is 0 Å². The molecule has 0 amide bonds. The van der Waals surface area contributed by atoms with Crippen molar-refractivity contribution in [3.8, 4) is 0 Å². The predicted octanol–water partition coefficient (Wildman–Crippen LogP) is 4.57. The fraction of sp³-hybridized carbons (Fsp3) is 0.412. The van der Waals surface area contributed by atoms with Gasteiger partial charge in [0.25, 0.3) is 0 Å². The van der Waals surface area contributed by atoms with E-state index in [0.717, 1.165) is 24.8 Å². The minimum Gasteiger partial charge on any atom is -0.378 e. The monoisotopic (exact) mass is 318 g/mol. The van der Waals surface area contributed by atoms with Crippen molar-refractivity contribution < 1.29 is 4.74 Å². The Balaban J connectivity index is 2.01. The number of hydrogen-bond donors (Lipinski definition) is 0. The molecule has 3 rings (SSSR count). The highest BCUT2D eigenvalue weighted by atomic mass is 79.9. The van der Waals surface area contributed by atoms with Crippen molar-refractivity contribution in [3.05, 3.63) is 48.0 Å². The summed E-state index contributed by atoms with van der Waals surface area (Å²) in [7, 11) is 0. The summed E-state index contributed by atoms with van der Waals surface area (Å²) in [6.07, 6.45) is 2.55. The van der Waals surface area contributed by atoms with Gasteiger partial charge in [0.1, 0.15) is 0 Å². The van der Waals surface area contributed by atoms with E-state index in [1.807, 2.05) is 0 Å². The Bertz CT molecular complexity index is 575. The fourth-order valence-electron chi connectivity index (χ4n) is 3.10. The van der Waals surface area contributed by atoms with Crippen LogP contribution in [0.25, 0.3) is 10.8 Å². The average molecular weight is 319 g/mol. The van der Waals surface area contributed by atoms with E-state index < -0.39 is 0 Å². The lowest BCUT2D eigenvalue weighted by atomic mass is 9.77. The Kier molecular flexibility index (Phi) is 3.64. The first-order valence-electron chi connectivity index (χ1n) is 6.89. The van der Waals surface area contributed by atoms with Crippen molar-refractivity contribution in [2.24, 2.45) is 5.41 Å². The molecule has 2 heteroatoms. The second-order valence-electron chi connectivity index (χ2n) is 5.57. The van der Waals surface area contributed by atoms with Crippen LogP contribution in [0.1, 0.15) is 18.9 Å². The number of rotatable bonds is 3. The number of fused-ring (bicyclic) bond motifs is 1. The summed E-state index contributed by atoms with van der Waals surface area (Å²) in [5.74, 6) is 0. The molecule has 2 aromatic rings. The zero-order valence-corrected chi connectivity index (χ0v) is 12.8. The second-order valence-corrected chi connectivity index (χ2v) is 6.13.